The summed E-state index contributed by atoms with van der Waals surface area (Å²) in [6.45, 7) is 1.86. The number of nitrogens with two attached hydrogens (primary N) is 2. The number of azo groups is 2. The van der Waals surface area contributed by atoms with Crippen molar-refractivity contribution in [2.24, 2.45) is 20.5 Å². The van der Waals surface area contributed by atoms with Crippen molar-refractivity contribution in [3.05, 3.63) is 65.7 Å². The second kappa shape index (κ2) is 8.91. The van der Waals surface area contributed by atoms with E-state index in [2.05, 4.69) is 20.5 Å². The number of carboxylic acid groups (broad SMARTS) is 1. The Morgan fingerprint density at radius 3 is 2.22 bits per heavy atom. The molecule has 3 rings (SSSR count). The molecule has 0 saturated carbocycles. The lowest BCUT2D eigenvalue weighted by atomic mass is 10.2. The van der Waals surface area contributed by atoms with Gasteiger partial charge in [-0.1, -0.05) is 24.3 Å². The largest absolute Gasteiger partial charge is 0.478 e. The number of aryl methyl sites for hydroxylation is 1. The molecule has 3 aromatic carbocycles. The van der Waals surface area contributed by atoms with Crippen molar-refractivity contribution in [2.75, 3.05) is 11.5 Å². The third kappa shape index (κ3) is 4.94. The Morgan fingerprint density at radius 1 is 0.875 bits per heavy atom. The Balaban J connectivity index is 2.15. The SMILES string of the molecule is Cc1cccc(/N=N/c2c(N)c(/N=N/c3ccccc3C(=O)O)cc(S(=O)(=O)O)c2N)c1. The van der Waals surface area contributed by atoms with E-state index in [1.165, 1.54) is 18.2 Å². The monoisotopic (exact) mass is 454 g/mol. The number of carboxylic acids is 1. The van der Waals surface area contributed by atoms with Gasteiger partial charge in [0, 0.05) is 0 Å². The molecule has 0 amide bonds. The van der Waals surface area contributed by atoms with Crippen molar-refractivity contribution >= 4 is 50.2 Å². The summed E-state index contributed by atoms with van der Waals surface area (Å²) >= 11 is 0. The number of nitrogen functional groups attached to an aromatic ring is 2. The lowest BCUT2D eigenvalue weighted by Gasteiger charge is -2.10. The summed E-state index contributed by atoms with van der Waals surface area (Å²) in [6.07, 6.45) is 0. The highest BCUT2D eigenvalue weighted by molar-refractivity contribution is 7.86. The summed E-state index contributed by atoms with van der Waals surface area (Å²) in [6, 6.07) is 13.7. The molecule has 32 heavy (non-hydrogen) atoms. The molecule has 12 heteroatoms. The molecule has 3 aromatic rings. The van der Waals surface area contributed by atoms with E-state index in [-0.39, 0.29) is 28.3 Å². The van der Waals surface area contributed by atoms with Crippen LogP contribution in [0.2, 0.25) is 0 Å². The predicted octanol–water partition coefficient (Wildman–Crippen LogP) is 4.94. The van der Waals surface area contributed by atoms with Crippen LogP contribution in [0.25, 0.3) is 0 Å². The van der Waals surface area contributed by atoms with Crippen molar-refractivity contribution in [1.82, 2.24) is 0 Å². The fraction of sp³-hybridized carbons (Fsp3) is 0.0500. The van der Waals surface area contributed by atoms with Crippen LogP contribution in [0.4, 0.5) is 34.1 Å². The van der Waals surface area contributed by atoms with Crippen LogP contribution in [0.15, 0.2) is 79.9 Å². The van der Waals surface area contributed by atoms with Gasteiger partial charge in [0.25, 0.3) is 10.1 Å². The second-order valence-corrected chi connectivity index (χ2v) is 8.00. The maximum Gasteiger partial charge on any atom is 0.337 e. The number of hydrogen-bond donors (Lipinski definition) is 4. The molecular formula is C20H18N6O5S. The van der Waals surface area contributed by atoms with E-state index in [0.717, 1.165) is 11.6 Å². The van der Waals surface area contributed by atoms with Crippen LogP contribution in [0, 0.1) is 6.92 Å². The van der Waals surface area contributed by atoms with Crippen molar-refractivity contribution in [1.29, 1.82) is 0 Å². The van der Waals surface area contributed by atoms with Crippen molar-refractivity contribution in [3.8, 4) is 0 Å². The Morgan fingerprint density at radius 2 is 1.56 bits per heavy atom. The average Bonchev–Trinajstić information content (AvgIpc) is 2.72. The smallest absolute Gasteiger partial charge is 0.337 e. The van der Waals surface area contributed by atoms with Gasteiger partial charge in [-0.05, 0) is 42.8 Å². The van der Waals surface area contributed by atoms with E-state index in [9.17, 15) is 22.9 Å². The molecule has 164 valence electrons. The maximum absolute atomic E-state index is 11.8. The number of carbonyl (C=O) groups is 1. The number of rotatable bonds is 6. The standard InChI is InChI=1S/C20H18N6O5S/c1-11-5-4-6-12(9-11)23-26-19-17(21)15(10-16(18(19)22)32(29,30)31)25-24-14-8-3-2-7-13(14)20(27)28/h2-10H,21-22H2,1H3,(H,27,28)(H,29,30,31)/b25-24+,26-23+. The minimum Gasteiger partial charge on any atom is -0.478 e. The summed E-state index contributed by atoms with van der Waals surface area (Å²) in [5.41, 5.74) is 12.2. The van der Waals surface area contributed by atoms with Crippen molar-refractivity contribution in [2.45, 2.75) is 11.8 Å². The Labute approximate surface area is 182 Å². The number of aromatic carboxylic acids is 1. The van der Waals surface area contributed by atoms with Crippen LogP contribution in [0.5, 0.6) is 0 Å². The van der Waals surface area contributed by atoms with Crippen molar-refractivity contribution in [3.63, 3.8) is 0 Å². The first-order valence-electron chi connectivity index (χ1n) is 9.00. The number of anilines is 2. The Kier molecular flexibility index (Phi) is 6.27. The lowest BCUT2D eigenvalue weighted by Crippen LogP contribution is -2.05. The molecule has 0 aliphatic rings. The molecule has 0 atom stereocenters. The zero-order valence-corrected chi connectivity index (χ0v) is 17.5. The lowest BCUT2D eigenvalue weighted by molar-refractivity contribution is 0.0697. The molecular weight excluding hydrogens is 436 g/mol. The quantitative estimate of drug-likeness (QED) is 0.230. The average molecular weight is 454 g/mol. The van der Waals surface area contributed by atoms with Crippen LogP contribution in [-0.4, -0.2) is 24.0 Å². The van der Waals surface area contributed by atoms with Crippen LogP contribution >= 0.6 is 0 Å². The first-order valence-corrected chi connectivity index (χ1v) is 10.4. The topological polar surface area (TPSA) is 193 Å². The molecule has 0 radical (unpaired) electrons. The molecule has 0 spiro atoms. The van der Waals surface area contributed by atoms with Gasteiger partial charge in [0.05, 0.1) is 22.6 Å². The zero-order chi connectivity index (χ0) is 23.5. The highest BCUT2D eigenvalue weighted by Gasteiger charge is 2.22. The number of nitrogens with zero attached hydrogens (tertiary/aromatic N) is 4. The molecule has 0 saturated heterocycles. The molecule has 0 aliphatic carbocycles. The van der Waals surface area contributed by atoms with Crippen LogP contribution in [0.3, 0.4) is 0 Å². The van der Waals surface area contributed by atoms with Gasteiger partial charge in [0.1, 0.15) is 22.0 Å². The second-order valence-electron chi connectivity index (χ2n) is 6.61. The fourth-order valence-electron chi connectivity index (χ4n) is 2.71. The third-order valence-electron chi connectivity index (χ3n) is 4.26. The van der Waals surface area contributed by atoms with Gasteiger partial charge in [-0.2, -0.15) is 13.5 Å². The molecule has 0 aromatic heterocycles. The van der Waals surface area contributed by atoms with Gasteiger partial charge >= 0.3 is 5.97 Å². The molecule has 11 nitrogen and oxygen atoms in total. The summed E-state index contributed by atoms with van der Waals surface area (Å²) in [5, 5.41) is 25.0. The van der Waals surface area contributed by atoms with E-state index < -0.39 is 26.7 Å². The Hall–Kier alpha value is -4.16. The molecule has 0 fully saturated rings. The van der Waals surface area contributed by atoms with E-state index in [1.807, 2.05) is 13.0 Å². The zero-order valence-electron chi connectivity index (χ0n) is 16.7. The van der Waals surface area contributed by atoms with Crippen LogP contribution in [0.1, 0.15) is 15.9 Å². The van der Waals surface area contributed by atoms with Crippen LogP contribution < -0.4 is 11.5 Å². The first kappa shape index (κ1) is 22.5. The van der Waals surface area contributed by atoms with E-state index in [4.69, 9.17) is 11.5 Å². The molecule has 0 heterocycles. The molecule has 0 bridgehead atoms. The minimum absolute atomic E-state index is 0.00701. The Bertz CT molecular complexity index is 1370. The van der Waals surface area contributed by atoms with E-state index >= 15 is 0 Å². The van der Waals surface area contributed by atoms with E-state index in [1.54, 1.807) is 24.3 Å². The summed E-state index contributed by atoms with van der Waals surface area (Å²) in [7, 11) is -4.77. The van der Waals surface area contributed by atoms with E-state index in [0.29, 0.717) is 5.69 Å². The van der Waals surface area contributed by atoms with Gasteiger partial charge in [-0.15, -0.1) is 15.3 Å². The van der Waals surface area contributed by atoms with Gasteiger partial charge in [0.15, 0.2) is 0 Å². The fourth-order valence-corrected chi connectivity index (χ4v) is 3.35. The van der Waals surface area contributed by atoms with Crippen LogP contribution in [-0.2, 0) is 10.1 Å². The van der Waals surface area contributed by atoms with Gasteiger partial charge in [0.2, 0.25) is 0 Å². The first-order chi connectivity index (χ1) is 15.1. The summed E-state index contributed by atoms with van der Waals surface area (Å²) < 4.78 is 33.2. The molecule has 0 unspecified atom stereocenters. The summed E-state index contributed by atoms with van der Waals surface area (Å²) in [4.78, 5) is 10.7. The third-order valence-corrected chi connectivity index (χ3v) is 5.16. The number of benzene rings is 3. The van der Waals surface area contributed by atoms with Crippen molar-refractivity contribution < 1.29 is 22.9 Å². The van der Waals surface area contributed by atoms with Gasteiger partial charge in [-0.3, -0.25) is 4.55 Å². The minimum atomic E-state index is -4.77. The maximum atomic E-state index is 11.8. The summed E-state index contributed by atoms with van der Waals surface area (Å²) in [5.74, 6) is -1.23. The molecule has 6 N–H and O–H groups in total. The molecule has 0 aliphatic heterocycles. The predicted molar refractivity (Wildman–Crippen MR) is 118 cm³/mol. The number of hydrogen-bond acceptors (Lipinski definition) is 9. The highest BCUT2D eigenvalue weighted by atomic mass is 32.2. The van der Waals surface area contributed by atoms with Gasteiger partial charge < -0.3 is 16.6 Å². The van der Waals surface area contributed by atoms with Gasteiger partial charge in [-0.25, -0.2) is 4.79 Å². The normalized spacial score (nSPS) is 11.9. The highest BCUT2D eigenvalue weighted by Crippen LogP contribution is 2.43.